The number of hydrogen-bond donors (Lipinski definition) is 0. The number of nitrogens with zero attached hydrogens (tertiary/aromatic N) is 1. The Morgan fingerprint density at radius 2 is 2.00 bits per heavy atom. The average molecular weight is 277 g/mol. The van der Waals surface area contributed by atoms with Crippen LogP contribution < -0.4 is 0 Å². The molecule has 100 valence electrons. The van der Waals surface area contributed by atoms with Crippen molar-refractivity contribution >= 4 is 17.2 Å². The van der Waals surface area contributed by atoms with E-state index in [2.05, 4.69) is 0 Å². The zero-order valence-corrected chi connectivity index (χ0v) is 11.8. The van der Waals surface area contributed by atoms with Crippen LogP contribution in [0.4, 0.5) is 4.39 Å². The molecule has 19 heavy (non-hydrogen) atoms. The lowest BCUT2D eigenvalue weighted by Crippen LogP contribution is -2.30. The molecule has 0 aliphatic heterocycles. The SMILES string of the molecule is C[C@H](c1cccs1)N(C)C(=O)Cc1ccc(F)cc1. The van der Waals surface area contributed by atoms with Crippen LogP contribution in [-0.4, -0.2) is 17.9 Å². The number of thiophene rings is 1. The molecule has 0 radical (unpaired) electrons. The number of benzene rings is 1. The summed E-state index contributed by atoms with van der Waals surface area (Å²) in [6, 6.07) is 10.1. The molecule has 0 aliphatic rings. The van der Waals surface area contributed by atoms with Gasteiger partial charge in [-0.1, -0.05) is 18.2 Å². The van der Waals surface area contributed by atoms with Gasteiger partial charge >= 0.3 is 0 Å². The molecule has 0 saturated carbocycles. The highest BCUT2D eigenvalue weighted by Crippen LogP contribution is 2.23. The Kier molecular flexibility index (Phi) is 4.32. The standard InChI is InChI=1S/C15H16FNOS/c1-11(14-4-3-9-19-14)17(2)15(18)10-12-5-7-13(16)8-6-12/h3-9,11H,10H2,1-2H3/t11-/m1/s1. The fourth-order valence-electron chi connectivity index (χ4n) is 1.84. The lowest BCUT2D eigenvalue weighted by atomic mass is 10.1. The van der Waals surface area contributed by atoms with Crippen molar-refractivity contribution in [3.05, 3.63) is 58.0 Å². The summed E-state index contributed by atoms with van der Waals surface area (Å²) in [6.07, 6.45) is 0.298. The Morgan fingerprint density at radius 3 is 2.58 bits per heavy atom. The lowest BCUT2D eigenvalue weighted by Gasteiger charge is -2.24. The topological polar surface area (TPSA) is 20.3 Å². The maximum atomic E-state index is 12.8. The highest BCUT2D eigenvalue weighted by molar-refractivity contribution is 7.10. The molecule has 4 heteroatoms. The second-order valence-electron chi connectivity index (χ2n) is 4.50. The van der Waals surface area contributed by atoms with Crippen LogP contribution in [-0.2, 0) is 11.2 Å². The number of rotatable bonds is 4. The van der Waals surface area contributed by atoms with E-state index < -0.39 is 0 Å². The summed E-state index contributed by atoms with van der Waals surface area (Å²) < 4.78 is 12.8. The molecule has 1 aromatic heterocycles. The van der Waals surface area contributed by atoms with E-state index in [4.69, 9.17) is 0 Å². The fraction of sp³-hybridized carbons (Fsp3) is 0.267. The van der Waals surface area contributed by atoms with Gasteiger partial charge in [0.25, 0.3) is 0 Å². The number of likely N-dealkylation sites (N-methyl/N-ethyl adjacent to an activating group) is 1. The minimum absolute atomic E-state index is 0.0347. The Morgan fingerprint density at radius 1 is 1.32 bits per heavy atom. The van der Waals surface area contributed by atoms with Crippen LogP contribution >= 0.6 is 11.3 Å². The maximum Gasteiger partial charge on any atom is 0.227 e. The molecule has 2 aromatic rings. The van der Waals surface area contributed by atoms with Crippen molar-refractivity contribution in [2.24, 2.45) is 0 Å². The van der Waals surface area contributed by atoms with E-state index >= 15 is 0 Å². The van der Waals surface area contributed by atoms with Crippen molar-refractivity contribution in [1.82, 2.24) is 4.90 Å². The van der Waals surface area contributed by atoms with Crippen LogP contribution in [0.15, 0.2) is 41.8 Å². The molecular formula is C15H16FNOS. The zero-order valence-electron chi connectivity index (χ0n) is 11.0. The molecule has 1 amide bonds. The molecular weight excluding hydrogens is 261 g/mol. The summed E-state index contributed by atoms with van der Waals surface area (Å²) in [4.78, 5) is 15.1. The van der Waals surface area contributed by atoms with Crippen LogP contribution in [0.1, 0.15) is 23.4 Å². The van der Waals surface area contributed by atoms with Crippen molar-refractivity contribution in [1.29, 1.82) is 0 Å². The van der Waals surface area contributed by atoms with Gasteiger partial charge in [-0.05, 0) is 36.1 Å². The molecule has 1 atom stereocenters. The Bertz CT molecular complexity index is 536. The smallest absolute Gasteiger partial charge is 0.227 e. The Labute approximate surface area is 116 Å². The van der Waals surface area contributed by atoms with E-state index in [0.29, 0.717) is 6.42 Å². The molecule has 0 N–H and O–H groups in total. The first-order valence-electron chi connectivity index (χ1n) is 6.11. The summed E-state index contributed by atoms with van der Waals surface area (Å²) in [5.74, 6) is -0.246. The van der Waals surface area contributed by atoms with Crippen molar-refractivity contribution < 1.29 is 9.18 Å². The van der Waals surface area contributed by atoms with Crippen LogP contribution in [0.5, 0.6) is 0 Å². The van der Waals surface area contributed by atoms with Crippen molar-refractivity contribution in [3.63, 3.8) is 0 Å². The van der Waals surface area contributed by atoms with Gasteiger partial charge in [0, 0.05) is 11.9 Å². The molecule has 0 spiro atoms. The molecule has 2 nitrogen and oxygen atoms in total. The molecule has 2 rings (SSSR count). The van der Waals surface area contributed by atoms with Crippen LogP contribution in [0.3, 0.4) is 0 Å². The first-order valence-corrected chi connectivity index (χ1v) is 6.99. The summed E-state index contributed by atoms with van der Waals surface area (Å²) in [6.45, 7) is 2.01. The maximum absolute atomic E-state index is 12.8. The normalized spacial score (nSPS) is 12.2. The Hall–Kier alpha value is -1.68. The molecule has 1 aromatic carbocycles. The molecule has 0 aliphatic carbocycles. The third kappa shape index (κ3) is 3.41. The van der Waals surface area contributed by atoms with Gasteiger partial charge in [0.15, 0.2) is 0 Å². The second-order valence-corrected chi connectivity index (χ2v) is 5.48. The number of hydrogen-bond acceptors (Lipinski definition) is 2. The van der Waals surface area contributed by atoms with Gasteiger partial charge < -0.3 is 4.90 Å². The zero-order chi connectivity index (χ0) is 13.8. The van der Waals surface area contributed by atoms with Gasteiger partial charge in [-0.25, -0.2) is 4.39 Å². The monoisotopic (exact) mass is 277 g/mol. The van der Waals surface area contributed by atoms with Gasteiger partial charge in [0.2, 0.25) is 5.91 Å². The molecule has 0 fully saturated rings. The lowest BCUT2D eigenvalue weighted by molar-refractivity contribution is -0.131. The van der Waals surface area contributed by atoms with E-state index in [0.717, 1.165) is 10.4 Å². The number of carbonyl (C=O) groups is 1. The van der Waals surface area contributed by atoms with Gasteiger partial charge in [-0.15, -0.1) is 11.3 Å². The van der Waals surface area contributed by atoms with Gasteiger partial charge in [0.05, 0.1) is 12.5 Å². The molecule has 1 heterocycles. The molecule has 0 unspecified atom stereocenters. The minimum Gasteiger partial charge on any atom is -0.338 e. The molecule has 0 saturated heterocycles. The second kappa shape index (κ2) is 5.97. The van der Waals surface area contributed by atoms with Crippen LogP contribution in [0, 0.1) is 5.82 Å². The first kappa shape index (κ1) is 13.7. The number of halogens is 1. The first-order chi connectivity index (χ1) is 9.08. The van der Waals surface area contributed by atoms with Crippen LogP contribution in [0.2, 0.25) is 0 Å². The van der Waals surface area contributed by atoms with E-state index in [9.17, 15) is 9.18 Å². The van der Waals surface area contributed by atoms with Crippen LogP contribution in [0.25, 0.3) is 0 Å². The predicted octanol–water partition coefficient (Wildman–Crippen LogP) is 3.65. The van der Waals surface area contributed by atoms with Crippen molar-refractivity contribution in [2.75, 3.05) is 7.05 Å². The highest BCUT2D eigenvalue weighted by atomic mass is 32.1. The summed E-state index contributed by atoms with van der Waals surface area (Å²) >= 11 is 1.64. The average Bonchev–Trinajstić information content (AvgIpc) is 2.93. The van der Waals surface area contributed by atoms with Crippen molar-refractivity contribution in [3.8, 4) is 0 Å². The quantitative estimate of drug-likeness (QED) is 0.835. The third-order valence-corrected chi connectivity index (χ3v) is 4.24. The van der Waals surface area contributed by atoms with E-state index in [1.165, 1.54) is 12.1 Å². The predicted molar refractivity (Wildman–Crippen MR) is 75.6 cm³/mol. The Balaban J connectivity index is 2.01. The van der Waals surface area contributed by atoms with E-state index in [1.807, 2.05) is 24.4 Å². The third-order valence-electron chi connectivity index (χ3n) is 3.20. The van der Waals surface area contributed by atoms with Gasteiger partial charge in [0.1, 0.15) is 5.82 Å². The minimum atomic E-state index is -0.281. The summed E-state index contributed by atoms with van der Waals surface area (Å²) in [7, 11) is 1.80. The fourth-order valence-corrected chi connectivity index (χ4v) is 2.66. The van der Waals surface area contributed by atoms with Gasteiger partial charge in [-0.3, -0.25) is 4.79 Å². The van der Waals surface area contributed by atoms with E-state index in [1.54, 1.807) is 35.4 Å². The molecule has 0 bridgehead atoms. The summed E-state index contributed by atoms with van der Waals surface area (Å²) in [5, 5.41) is 2.00. The van der Waals surface area contributed by atoms with Gasteiger partial charge in [-0.2, -0.15) is 0 Å². The largest absolute Gasteiger partial charge is 0.338 e. The van der Waals surface area contributed by atoms with E-state index in [-0.39, 0.29) is 17.8 Å². The number of carbonyl (C=O) groups excluding carboxylic acids is 1. The highest BCUT2D eigenvalue weighted by Gasteiger charge is 2.18. The number of amides is 1. The van der Waals surface area contributed by atoms with Crippen molar-refractivity contribution in [2.45, 2.75) is 19.4 Å². The summed E-state index contributed by atoms with van der Waals surface area (Å²) in [5.41, 5.74) is 0.830.